The molecular weight excluding hydrogens is 332 g/mol. The molecule has 3 heterocycles. The number of nitrogens with zero attached hydrogens (tertiary/aromatic N) is 3. The molecule has 6 heteroatoms. The second-order valence-electron chi connectivity index (χ2n) is 6.08. The monoisotopic (exact) mass is 346 g/mol. The number of carbonyl (C=O) groups excluding carboxylic acids is 1. The summed E-state index contributed by atoms with van der Waals surface area (Å²) in [6, 6.07) is 15.8. The first-order valence-corrected chi connectivity index (χ1v) is 9.01. The minimum Gasteiger partial charge on any atom is -0.326 e. The third-order valence-corrected chi connectivity index (χ3v) is 5.24. The van der Waals surface area contributed by atoms with Crippen LogP contribution < -0.4 is 5.32 Å². The van der Waals surface area contributed by atoms with Gasteiger partial charge in [-0.1, -0.05) is 18.2 Å². The van der Waals surface area contributed by atoms with E-state index >= 15 is 0 Å². The summed E-state index contributed by atoms with van der Waals surface area (Å²) in [4.78, 5) is 13.8. The molecular formula is C19H14N4OS. The van der Waals surface area contributed by atoms with Crippen LogP contribution in [0.25, 0.3) is 16.7 Å². The Labute approximate surface area is 147 Å². The second kappa shape index (κ2) is 5.53. The van der Waals surface area contributed by atoms with Crippen LogP contribution in [0, 0.1) is 0 Å². The zero-order chi connectivity index (χ0) is 16.8. The van der Waals surface area contributed by atoms with Crippen LogP contribution >= 0.6 is 11.3 Å². The van der Waals surface area contributed by atoms with Crippen molar-refractivity contribution in [3.8, 4) is 5.69 Å². The highest BCUT2D eigenvalue weighted by Gasteiger charge is 2.30. The van der Waals surface area contributed by atoms with Gasteiger partial charge in [-0.15, -0.1) is 10.2 Å². The van der Waals surface area contributed by atoms with E-state index in [1.807, 2.05) is 47.8 Å². The molecule has 2 aromatic carbocycles. The Morgan fingerprint density at radius 2 is 1.96 bits per heavy atom. The standard InChI is InChI=1S/C19H14N4OS/c24-17-10-14(12-8-9-25-11-12)18-15(20-17)6-7-16-19(18)22-23(21-16)13-4-2-1-3-5-13/h1-9,11,14H,10H2,(H,20,24)/t14-/m0/s1. The predicted molar refractivity (Wildman–Crippen MR) is 98.3 cm³/mol. The SMILES string of the molecule is O=C1C[C@@H](c2ccsc2)c2c(ccc3nn(-c4ccccc4)nc23)N1. The van der Waals surface area contributed by atoms with Crippen LogP contribution in [0.5, 0.6) is 0 Å². The maximum atomic E-state index is 12.1. The van der Waals surface area contributed by atoms with Crippen LogP contribution in [0.4, 0.5) is 5.69 Å². The van der Waals surface area contributed by atoms with Crippen LogP contribution in [-0.4, -0.2) is 20.9 Å². The van der Waals surface area contributed by atoms with Gasteiger partial charge in [-0.25, -0.2) is 0 Å². The van der Waals surface area contributed by atoms with Crippen molar-refractivity contribution in [1.82, 2.24) is 15.0 Å². The summed E-state index contributed by atoms with van der Waals surface area (Å²) < 4.78 is 0. The first-order chi connectivity index (χ1) is 12.3. The second-order valence-corrected chi connectivity index (χ2v) is 6.86. The summed E-state index contributed by atoms with van der Waals surface area (Å²) >= 11 is 1.64. The number of rotatable bonds is 2. The van der Waals surface area contributed by atoms with Crippen LogP contribution in [-0.2, 0) is 4.79 Å². The lowest BCUT2D eigenvalue weighted by Crippen LogP contribution is -2.23. The lowest BCUT2D eigenvalue weighted by Gasteiger charge is -2.25. The zero-order valence-corrected chi connectivity index (χ0v) is 14.0. The average molecular weight is 346 g/mol. The molecule has 0 saturated heterocycles. The summed E-state index contributed by atoms with van der Waals surface area (Å²) in [7, 11) is 0. The molecule has 1 N–H and O–H groups in total. The molecule has 0 saturated carbocycles. The van der Waals surface area contributed by atoms with Crippen molar-refractivity contribution in [3.63, 3.8) is 0 Å². The molecule has 1 atom stereocenters. The Morgan fingerprint density at radius 3 is 2.76 bits per heavy atom. The van der Waals surface area contributed by atoms with Gasteiger partial charge >= 0.3 is 0 Å². The van der Waals surface area contributed by atoms with E-state index in [-0.39, 0.29) is 11.8 Å². The van der Waals surface area contributed by atoms with Gasteiger partial charge < -0.3 is 5.32 Å². The molecule has 0 aliphatic carbocycles. The lowest BCUT2D eigenvalue weighted by atomic mass is 9.85. The summed E-state index contributed by atoms with van der Waals surface area (Å²) in [5.74, 6) is 0.0538. The maximum absolute atomic E-state index is 12.1. The quantitative estimate of drug-likeness (QED) is 0.598. The minimum absolute atomic E-state index is 0.0135. The molecule has 0 radical (unpaired) electrons. The summed E-state index contributed by atoms with van der Waals surface area (Å²) in [5.41, 5.74) is 5.64. The summed E-state index contributed by atoms with van der Waals surface area (Å²) in [5, 5.41) is 16.5. The van der Waals surface area contributed by atoms with Gasteiger partial charge in [0, 0.05) is 23.6 Å². The fraction of sp³-hybridized carbons (Fsp3) is 0.105. The predicted octanol–water partition coefficient (Wildman–Crippen LogP) is 3.96. The topological polar surface area (TPSA) is 59.8 Å². The number of benzene rings is 2. The number of anilines is 1. The zero-order valence-electron chi connectivity index (χ0n) is 13.2. The van der Waals surface area contributed by atoms with Crippen molar-refractivity contribution in [2.45, 2.75) is 12.3 Å². The van der Waals surface area contributed by atoms with Gasteiger partial charge in [0.2, 0.25) is 5.91 Å². The molecule has 5 rings (SSSR count). The number of fused-ring (bicyclic) bond motifs is 3. The lowest BCUT2D eigenvalue weighted by molar-refractivity contribution is -0.116. The molecule has 25 heavy (non-hydrogen) atoms. The van der Waals surface area contributed by atoms with Gasteiger partial charge in [0.05, 0.1) is 5.69 Å². The van der Waals surface area contributed by atoms with E-state index in [9.17, 15) is 4.79 Å². The smallest absolute Gasteiger partial charge is 0.225 e. The fourth-order valence-electron chi connectivity index (χ4n) is 3.39. The summed E-state index contributed by atoms with van der Waals surface area (Å²) in [6.45, 7) is 0. The molecule has 122 valence electrons. The largest absolute Gasteiger partial charge is 0.326 e. The van der Waals surface area contributed by atoms with E-state index < -0.39 is 0 Å². The minimum atomic E-state index is 0.0135. The molecule has 5 nitrogen and oxygen atoms in total. The normalized spacial score (nSPS) is 16.6. The number of carbonyl (C=O) groups is 1. The van der Waals surface area contributed by atoms with Crippen molar-refractivity contribution in [3.05, 3.63) is 70.4 Å². The van der Waals surface area contributed by atoms with Gasteiger partial charge in [0.25, 0.3) is 0 Å². The van der Waals surface area contributed by atoms with Crippen molar-refractivity contribution in [1.29, 1.82) is 0 Å². The molecule has 0 unspecified atom stereocenters. The molecule has 1 amide bonds. The van der Waals surface area contributed by atoms with Crippen LogP contribution in [0.1, 0.15) is 23.5 Å². The van der Waals surface area contributed by atoms with E-state index in [4.69, 9.17) is 5.10 Å². The van der Waals surface area contributed by atoms with E-state index in [2.05, 4.69) is 21.9 Å². The highest BCUT2D eigenvalue weighted by atomic mass is 32.1. The number of para-hydroxylation sites is 1. The van der Waals surface area contributed by atoms with Crippen molar-refractivity contribution in [2.75, 3.05) is 5.32 Å². The van der Waals surface area contributed by atoms with Gasteiger partial charge in [0.1, 0.15) is 11.0 Å². The molecule has 0 fully saturated rings. The van der Waals surface area contributed by atoms with Gasteiger partial charge in [0.15, 0.2) is 0 Å². The third-order valence-electron chi connectivity index (χ3n) is 4.54. The third kappa shape index (κ3) is 2.34. The number of amides is 1. The Hall–Kier alpha value is -2.99. The number of hydrogen-bond acceptors (Lipinski definition) is 4. The maximum Gasteiger partial charge on any atom is 0.225 e. The first kappa shape index (κ1) is 14.4. The molecule has 0 spiro atoms. The average Bonchev–Trinajstić information content (AvgIpc) is 3.31. The number of hydrogen-bond donors (Lipinski definition) is 1. The van der Waals surface area contributed by atoms with E-state index in [0.717, 1.165) is 33.5 Å². The Balaban J connectivity index is 1.74. The van der Waals surface area contributed by atoms with Crippen molar-refractivity contribution >= 4 is 34.0 Å². The Bertz CT molecular complexity index is 1070. The van der Waals surface area contributed by atoms with E-state index in [1.54, 1.807) is 16.1 Å². The number of thiophene rings is 1. The highest BCUT2D eigenvalue weighted by Crippen LogP contribution is 2.41. The molecule has 2 aromatic heterocycles. The number of nitrogens with one attached hydrogen (secondary N) is 1. The number of aromatic nitrogens is 3. The molecule has 4 aromatic rings. The Kier molecular flexibility index (Phi) is 3.18. The Morgan fingerprint density at radius 1 is 1.08 bits per heavy atom. The molecule has 1 aliphatic rings. The van der Waals surface area contributed by atoms with Crippen LogP contribution in [0.15, 0.2) is 59.3 Å². The van der Waals surface area contributed by atoms with Crippen molar-refractivity contribution < 1.29 is 4.79 Å². The molecule has 0 bridgehead atoms. The van der Waals surface area contributed by atoms with Gasteiger partial charge in [-0.2, -0.15) is 16.1 Å². The fourth-order valence-corrected chi connectivity index (χ4v) is 4.10. The highest BCUT2D eigenvalue weighted by molar-refractivity contribution is 7.08. The van der Waals surface area contributed by atoms with E-state index in [1.165, 1.54) is 0 Å². The molecule has 1 aliphatic heterocycles. The van der Waals surface area contributed by atoms with E-state index in [0.29, 0.717) is 6.42 Å². The van der Waals surface area contributed by atoms with Crippen molar-refractivity contribution in [2.24, 2.45) is 0 Å². The van der Waals surface area contributed by atoms with Crippen LogP contribution in [0.3, 0.4) is 0 Å². The van der Waals surface area contributed by atoms with Gasteiger partial charge in [-0.05, 0) is 46.7 Å². The summed E-state index contributed by atoms with van der Waals surface area (Å²) in [6.07, 6.45) is 0.432. The first-order valence-electron chi connectivity index (χ1n) is 8.07. The van der Waals surface area contributed by atoms with Crippen LogP contribution in [0.2, 0.25) is 0 Å². The van der Waals surface area contributed by atoms with Gasteiger partial charge in [-0.3, -0.25) is 4.79 Å².